The van der Waals surface area contributed by atoms with Gasteiger partial charge in [0, 0.05) is 38.3 Å². The number of urea groups is 1. The minimum absolute atomic E-state index is 0.136. The van der Waals surface area contributed by atoms with E-state index in [2.05, 4.69) is 15.3 Å². The molecule has 0 saturated carbocycles. The average Bonchev–Trinajstić information content (AvgIpc) is 3.15. The zero-order chi connectivity index (χ0) is 22.0. The highest BCUT2D eigenvalue weighted by molar-refractivity contribution is 7.22. The van der Waals surface area contributed by atoms with Gasteiger partial charge in [-0.1, -0.05) is 23.5 Å². The van der Waals surface area contributed by atoms with Crippen molar-refractivity contribution in [3.8, 4) is 0 Å². The zero-order valence-corrected chi connectivity index (χ0v) is 17.8. The lowest BCUT2D eigenvalue weighted by Gasteiger charge is -2.40. The fourth-order valence-electron chi connectivity index (χ4n) is 3.69. The number of fused-ring (bicyclic) bond motifs is 1. The number of hydrogen-bond acceptors (Lipinski definition) is 7. The fraction of sp³-hybridized carbons (Fsp3) is 0.381. The van der Waals surface area contributed by atoms with Gasteiger partial charge in [-0.3, -0.25) is 5.32 Å². The number of carbonyl (C=O) groups excluding carboxylic acids is 1. The van der Waals surface area contributed by atoms with Crippen LogP contribution in [0.1, 0.15) is 12.5 Å². The van der Waals surface area contributed by atoms with Crippen LogP contribution >= 0.6 is 11.3 Å². The topological polar surface area (TPSA) is 102 Å². The Kier molecular flexibility index (Phi) is 6.30. The van der Waals surface area contributed by atoms with E-state index in [4.69, 9.17) is 5.11 Å². The number of rotatable bonds is 5. The highest BCUT2D eigenvalue weighted by atomic mass is 32.1. The van der Waals surface area contributed by atoms with Crippen LogP contribution in [0.3, 0.4) is 0 Å². The van der Waals surface area contributed by atoms with Gasteiger partial charge in [0.2, 0.25) is 0 Å². The zero-order valence-electron chi connectivity index (χ0n) is 17.0. The first-order valence-corrected chi connectivity index (χ1v) is 10.9. The first-order chi connectivity index (χ1) is 14.9. The molecule has 1 aliphatic heterocycles. The van der Waals surface area contributed by atoms with Crippen molar-refractivity contribution in [3.05, 3.63) is 47.9 Å². The minimum atomic E-state index is -0.940. The first kappa shape index (κ1) is 21.4. The Morgan fingerprint density at radius 2 is 2.19 bits per heavy atom. The van der Waals surface area contributed by atoms with Gasteiger partial charge < -0.3 is 20.0 Å². The lowest BCUT2D eigenvalue weighted by molar-refractivity contribution is 0.0954. The van der Waals surface area contributed by atoms with Gasteiger partial charge in [0.1, 0.15) is 0 Å². The summed E-state index contributed by atoms with van der Waals surface area (Å²) < 4.78 is 15.6. The van der Waals surface area contributed by atoms with Crippen LogP contribution in [0.5, 0.6) is 0 Å². The molecule has 0 radical (unpaired) electrons. The van der Waals surface area contributed by atoms with Crippen molar-refractivity contribution in [3.63, 3.8) is 0 Å². The van der Waals surface area contributed by atoms with Gasteiger partial charge in [0.05, 0.1) is 22.9 Å². The molecule has 1 saturated heterocycles. The second-order valence-corrected chi connectivity index (χ2v) is 8.63. The number of halogens is 1. The standard InChI is InChI=1S/C21H24FN5O3S/c1-13-11-26(19-16(22)9-14(10-23-19)8-15(29)12-28)6-7-27(13)21(30)25-20-24-17-4-2-3-5-18(17)31-20/h2-5,9-10,13,15,28-29H,6-8,11-12H2,1H3,(H,24,25,30)/t13?,15-/m0/s1. The maximum atomic E-state index is 14.6. The Balaban J connectivity index is 1.39. The number of pyridine rings is 1. The van der Waals surface area contributed by atoms with Crippen molar-refractivity contribution in [2.75, 3.05) is 36.5 Å². The predicted octanol–water partition coefficient (Wildman–Crippen LogP) is 2.47. The van der Waals surface area contributed by atoms with E-state index in [1.54, 1.807) is 4.90 Å². The molecule has 3 heterocycles. The molecule has 3 aromatic rings. The van der Waals surface area contributed by atoms with Crippen molar-refractivity contribution in [2.45, 2.75) is 25.5 Å². The molecule has 1 aromatic carbocycles. The van der Waals surface area contributed by atoms with E-state index in [0.29, 0.717) is 30.3 Å². The SMILES string of the molecule is CC1CN(c2ncc(C[C@H](O)CO)cc2F)CCN1C(=O)Nc1nc2ccccc2s1. The number of amides is 2. The lowest BCUT2D eigenvalue weighted by atomic mass is 10.1. The molecule has 1 fully saturated rings. The molecule has 2 atom stereocenters. The molecule has 1 aliphatic rings. The quantitative estimate of drug-likeness (QED) is 0.558. The number of para-hydroxylation sites is 1. The van der Waals surface area contributed by atoms with Crippen LogP contribution in [0.15, 0.2) is 36.5 Å². The van der Waals surface area contributed by atoms with Gasteiger partial charge in [-0.2, -0.15) is 0 Å². The molecule has 4 rings (SSSR count). The summed E-state index contributed by atoms with van der Waals surface area (Å²) in [4.78, 5) is 25.0. The van der Waals surface area contributed by atoms with E-state index in [-0.39, 0.29) is 30.9 Å². The summed E-state index contributed by atoms with van der Waals surface area (Å²) >= 11 is 1.42. The molecule has 0 spiro atoms. The molecule has 0 aliphatic carbocycles. The fourth-order valence-corrected chi connectivity index (χ4v) is 4.55. The van der Waals surface area contributed by atoms with E-state index in [9.17, 15) is 14.3 Å². The highest BCUT2D eigenvalue weighted by Gasteiger charge is 2.30. The second kappa shape index (κ2) is 9.13. The Bertz CT molecular complexity index is 1050. The Hall–Kier alpha value is -2.82. The Morgan fingerprint density at radius 3 is 2.90 bits per heavy atom. The molecule has 164 valence electrons. The monoisotopic (exact) mass is 445 g/mol. The number of aromatic nitrogens is 2. The van der Waals surface area contributed by atoms with E-state index in [1.807, 2.05) is 36.1 Å². The molecule has 3 N–H and O–H groups in total. The number of nitrogens with one attached hydrogen (secondary N) is 1. The Labute approximate surface area is 183 Å². The largest absolute Gasteiger partial charge is 0.394 e. The summed E-state index contributed by atoms with van der Waals surface area (Å²) in [6.45, 7) is 2.83. The summed E-state index contributed by atoms with van der Waals surface area (Å²) in [5.41, 5.74) is 1.36. The second-order valence-electron chi connectivity index (χ2n) is 7.59. The number of nitrogens with zero attached hydrogens (tertiary/aromatic N) is 4. The van der Waals surface area contributed by atoms with E-state index < -0.39 is 11.9 Å². The number of piperazine rings is 1. The van der Waals surface area contributed by atoms with Crippen LogP contribution < -0.4 is 10.2 Å². The molecular formula is C21H24FN5O3S. The van der Waals surface area contributed by atoms with E-state index >= 15 is 0 Å². The van der Waals surface area contributed by atoms with Crippen LogP contribution in [-0.2, 0) is 6.42 Å². The normalized spacial score (nSPS) is 17.7. The average molecular weight is 446 g/mol. The van der Waals surface area contributed by atoms with Crippen LogP contribution in [0.4, 0.5) is 20.1 Å². The lowest BCUT2D eigenvalue weighted by Crippen LogP contribution is -2.55. The molecule has 8 nitrogen and oxygen atoms in total. The molecule has 0 bridgehead atoms. The third-order valence-corrected chi connectivity index (χ3v) is 6.21. The molecule has 10 heteroatoms. The number of benzene rings is 1. The third-order valence-electron chi connectivity index (χ3n) is 5.26. The molecule has 31 heavy (non-hydrogen) atoms. The summed E-state index contributed by atoms with van der Waals surface area (Å²) in [6.07, 6.45) is 0.704. The molecule has 2 amide bonds. The van der Waals surface area contributed by atoms with E-state index in [1.165, 1.54) is 23.6 Å². The predicted molar refractivity (Wildman–Crippen MR) is 118 cm³/mol. The van der Waals surface area contributed by atoms with E-state index in [0.717, 1.165) is 10.2 Å². The smallest absolute Gasteiger partial charge is 0.324 e. The number of hydrogen-bond donors (Lipinski definition) is 3. The van der Waals surface area contributed by atoms with Crippen molar-refractivity contribution >= 4 is 38.5 Å². The summed E-state index contributed by atoms with van der Waals surface area (Å²) in [7, 11) is 0. The highest BCUT2D eigenvalue weighted by Crippen LogP contribution is 2.26. The maximum absolute atomic E-state index is 14.6. The number of aliphatic hydroxyl groups is 2. The number of anilines is 2. The van der Waals surface area contributed by atoms with Crippen LogP contribution in [0, 0.1) is 5.82 Å². The van der Waals surface area contributed by atoms with Crippen molar-refractivity contribution in [1.29, 1.82) is 0 Å². The Morgan fingerprint density at radius 1 is 1.39 bits per heavy atom. The summed E-state index contributed by atoms with van der Waals surface area (Å²) in [5.74, 6) is -0.262. The van der Waals surface area contributed by atoms with Crippen molar-refractivity contribution in [1.82, 2.24) is 14.9 Å². The summed E-state index contributed by atoms with van der Waals surface area (Å²) in [6, 6.07) is 8.65. The van der Waals surface area contributed by atoms with Crippen LogP contribution in [0.25, 0.3) is 10.2 Å². The minimum Gasteiger partial charge on any atom is -0.394 e. The number of aliphatic hydroxyl groups excluding tert-OH is 2. The van der Waals surface area contributed by atoms with Gasteiger partial charge in [0.25, 0.3) is 0 Å². The molecular weight excluding hydrogens is 421 g/mol. The van der Waals surface area contributed by atoms with Gasteiger partial charge in [-0.05, 0) is 30.7 Å². The molecule has 1 unspecified atom stereocenters. The van der Waals surface area contributed by atoms with Crippen LogP contribution in [0.2, 0.25) is 0 Å². The molecule has 2 aromatic heterocycles. The van der Waals surface area contributed by atoms with Crippen molar-refractivity contribution in [2.24, 2.45) is 0 Å². The van der Waals surface area contributed by atoms with Crippen molar-refractivity contribution < 1.29 is 19.4 Å². The van der Waals surface area contributed by atoms with Gasteiger partial charge in [-0.25, -0.2) is 19.2 Å². The maximum Gasteiger partial charge on any atom is 0.324 e. The van der Waals surface area contributed by atoms with Gasteiger partial charge >= 0.3 is 6.03 Å². The number of carbonyl (C=O) groups is 1. The first-order valence-electron chi connectivity index (χ1n) is 10.1. The third kappa shape index (κ3) is 4.76. The van der Waals surface area contributed by atoms with Crippen LogP contribution in [-0.4, -0.2) is 69.5 Å². The number of thiazole rings is 1. The summed E-state index contributed by atoms with van der Waals surface area (Å²) in [5, 5.41) is 21.9. The van der Waals surface area contributed by atoms with Gasteiger partial charge in [0.15, 0.2) is 16.8 Å². The van der Waals surface area contributed by atoms with Gasteiger partial charge in [-0.15, -0.1) is 0 Å².